The van der Waals surface area contributed by atoms with E-state index in [1.807, 2.05) is 10.6 Å². The lowest BCUT2D eigenvalue weighted by atomic mass is 10.3. The quantitative estimate of drug-likeness (QED) is 0.784. The normalized spacial score (nSPS) is 18.1. The number of aromatic nitrogens is 1. The molecule has 0 atom stereocenters. The van der Waals surface area contributed by atoms with Gasteiger partial charge in [-0.15, -0.1) is 0 Å². The molecule has 1 saturated heterocycles. The monoisotopic (exact) mass is 361 g/mol. The first kappa shape index (κ1) is 15.9. The summed E-state index contributed by atoms with van der Waals surface area (Å²) < 4.78 is 32.0. The molecule has 3 rings (SSSR count). The molecule has 1 aromatic heterocycles. The summed E-state index contributed by atoms with van der Waals surface area (Å²) in [5.41, 5.74) is 1.55. The van der Waals surface area contributed by atoms with Crippen molar-refractivity contribution in [2.24, 2.45) is 0 Å². The van der Waals surface area contributed by atoms with Crippen LogP contribution in [0.5, 0.6) is 0 Å². The maximum absolute atomic E-state index is 11.5. The zero-order valence-corrected chi connectivity index (χ0v) is 14.4. The number of rotatable bonds is 3. The molecule has 0 spiro atoms. The zero-order valence-electron chi connectivity index (χ0n) is 12.0. The van der Waals surface area contributed by atoms with E-state index in [1.54, 1.807) is 12.1 Å². The van der Waals surface area contributed by atoms with Gasteiger partial charge in [0.25, 0.3) is 4.84 Å². The van der Waals surface area contributed by atoms with Crippen molar-refractivity contribution in [1.29, 1.82) is 0 Å². The maximum Gasteiger partial charge on any atom is 0.270 e. The summed E-state index contributed by atoms with van der Waals surface area (Å²) in [6.45, 7) is 2.89. The fourth-order valence-electron chi connectivity index (χ4n) is 2.58. The van der Waals surface area contributed by atoms with Crippen molar-refractivity contribution in [3.05, 3.63) is 28.1 Å². The minimum absolute atomic E-state index is 0.391. The molecule has 0 saturated carbocycles. The largest absolute Gasteiger partial charge is 0.429 e. The fraction of sp³-hybridized carbons (Fsp3) is 0.462. The predicted molar refractivity (Wildman–Crippen MR) is 88.0 cm³/mol. The molecule has 2 aromatic rings. The van der Waals surface area contributed by atoms with E-state index in [0.29, 0.717) is 48.3 Å². The molecule has 6 nitrogen and oxygen atoms in total. The van der Waals surface area contributed by atoms with Crippen molar-refractivity contribution < 1.29 is 12.8 Å². The van der Waals surface area contributed by atoms with Gasteiger partial charge in [-0.2, -0.15) is 4.31 Å². The highest BCUT2D eigenvalue weighted by Gasteiger charge is 2.24. The van der Waals surface area contributed by atoms with Crippen LogP contribution in [0.25, 0.3) is 11.1 Å². The van der Waals surface area contributed by atoms with Gasteiger partial charge in [0.15, 0.2) is 5.58 Å². The molecule has 1 aromatic carbocycles. The molecule has 0 amide bonds. The lowest BCUT2D eigenvalue weighted by Crippen LogP contribution is -2.48. The topological polar surface area (TPSA) is 58.7 Å². The molecule has 0 aliphatic carbocycles. The van der Waals surface area contributed by atoms with Crippen LogP contribution in [0.4, 0.5) is 0 Å². The third-order valence-electron chi connectivity index (χ3n) is 3.77. The predicted octanol–water partition coefficient (Wildman–Crippen LogP) is 2.15. The average molecular weight is 362 g/mol. The van der Waals surface area contributed by atoms with Gasteiger partial charge in [-0.05, 0) is 24.4 Å². The molecular formula is C13H16ClN3O3S2. The summed E-state index contributed by atoms with van der Waals surface area (Å²) in [5.74, 6) is 0. The van der Waals surface area contributed by atoms with Crippen molar-refractivity contribution >= 4 is 44.9 Å². The van der Waals surface area contributed by atoms with Crippen LogP contribution in [-0.4, -0.2) is 54.6 Å². The standard InChI is InChI=1S/C13H16ClN3O3S2/c1-22(18,19)16-6-4-15(5-7-16)9-17-11-3-2-10(14)8-12(11)20-13(17)21/h2-3,8H,4-7,9H2,1H3. The van der Waals surface area contributed by atoms with E-state index in [2.05, 4.69) is 4.90 Å². The van der Waals surface area contributed by atoms with Crippen molar-refractivity contribution in [3.8, 4) is 0 Å². The van der Waals surface area contributed by atoms with Crippen LogP contribution in [0, 0.1) is 4.84 Å². The van der Waals surface area contributed by atoms with E-state index in [1.165, 1.54) is 10.6 Å². The third-order valence-corrected chi connectivity index (χ3v) is 5.61. The van der Waals surface area contributed by atoms with Gasteiger partial charge < -0.3 is 4.42 Å². The lowest BCUT2D eigenvalue weighted by Gasteiger charge is -2.33. The third kappa shape index (κ3) is 3.21. The van der Waals surface area contributed by atoms with E-state index in [9.17, 15) is 8.42 Å². The molecule has 9 heteroatoms. The summed E-state index contributed by atoms with van der Waals surface area (Å²) >= 11 is 11.2. The van der Waals surface area contributed by atoms with Crippen LogP contribution < -0.4 is 0 Å². The van der Waals surface area contributed by atoms with E-state index < -0.39 is 10.0 Å². The first-order chi connectivity index (χ1) is 10.3. The average Bonchev–Trinajstić information content (AvgIpc) is 2.74. The molecule has 2 heterocycles. The second-order valence-corrected chi connectivity index (χ2v) is 8.10. The second kappa shape index (κ2) is 5.93. The molecular weight excluding hydrogens is 346 g/mol. The molecule has 0 unspecified atom stereocenters. The van der Waals surface area contributed by atoms with Crippen LogP contribution in [0.15, 0.2) is 22.6 Å². The van der Waals surface area contributed by atoms with Gasteiger partial charge in [0.2, 0.25) is 10.0 Å². The zero-order chi connectivity index (χ0) is 15.9. The molecule has 22 heavy (non-hydrogen) atoms. The number of benzene rings is 1. The van der Waals surface area contributed by atoms with E-state index >= 15 is 0 Å². The summed E-state index contributed by atoms with van der Waals surface area (Å²) in [6.07, 6.45) is 1.24. The smallest absolute Gasteiger partial charge is 0.270 e. The van der Waals surface area contributed by atoms with Gasteiger partial charge in [0.1, 0.15) is 0 Å². The highest BCUT2D eigenvalue weighted by atomic mass is 35.5. The van der Waals surface area contributed by atoms with Gasteiger partial charge in [0.05, 0.1) is 18.4 Å². The number of hydrogen-bond acceptors (Lipinski definition) is 5. The number of fused-ring (bicyclic) bond motifs is 1. The minimum Gasteiger partial charge on any atom is -0.429 e. The number of piperazine rings is 1. The highest BCUT2D eigenvalue weighted by molar-refractivity contribution is 7.88. The van der Waals surface area contributed by atoms with Gasteiger partial charge in [-0.3, -0.25) is 9.47 Å². The number of nitrogens with zero attached hydrogens (tertiary/aromatic N) is 3. The Bertz CT molecular complexity index is 851. The Balaban J connectivity index is 1.78. The van der Waals surface area contributed by atoms with Crippen molar-refractivity contribution in [1.82, 2.24) is 13.8 Å². The Morgan fingerprint density at radius 1 is 1.27 bits per heavy atom. The number of hydrogen-bond donors (Lipinski definition) is 0. The van der Waals surface area contributed by atoms with Crippen molar-refractivity contribution in [3.63, 3.8) is 0 Å². The van der Waals surface area contributed by atoms with Gasteiger partial charge >= 0.3 is 0 Å². The maximum atomic E-state index is 11.5. The Morgan fingerprint density at radius 3 is 2.59 bits per heavy atom. The van der Waals surface area contributed by atoms with Crippen molar-refractivity contribution in [2.45, 2.75) is 6.67 Å². The Kier molecular flexibility index (Phi) is 4.30. The number of oxazole rings is 1. The first-order valence-corrected chi connectivity index (χ1v) is 9.44. The number of halogens is 1. The number of sulfonamides is 1. The van der Waals surface area contributed by atoms with Crippen LogP contribution in [0.1, 0.15) is 0 Å². The highest BCUT2D eigenvalue weighted by Crippen LogP contribution is 2.22. The summed E-state index contributed by atoms with van der Waals surface area (Å²) in [4.78, 5) is 2.55. The molecule has 1 fully saturated rings. The second-order valence-electron chi connectivity index (χ2n) is 5.33. The van der Waals surface area contributed by atoms with Gasteiger partial charge in [-0.25, -0.2) is 8.42 Å². The summed E-state index contributed by atoms with van der Waals surface area (Å²) in [7, 11) is -3.11. The van der Waals surface area contributed by atoms with Crippen LogP contribution >= 0.6 is 23.8 Å². The van der Waals surface area contributed by atoms with E-state index in [4.69, 9.17) is 28.2 Å². The molecule has 0 radical (unpaired) electrons. The molecule has 1 aliphatic rings. The van der Waals surface area contributed by atoms with Crippen LogP contribution in [0.3, 0.4) is 0 Å². The van der Waals surface area contributed by atoms with Gasteiger partial charge in [0, 0.05) is 37.3 Å². The Hall–Kier alpha value is -0.930. The summed E-state index contributed by atoms with van der Waals surface area (Å²) in [6, 6.07) is 5.42. The van der Waals surface area contributed by atoms with E-state index in [-0.39, 0.29) is 0 Å². The Morgan fingerprint density at radius 2 is 1.95 bits per heavy atom. The SMILES string of the molecule is CS(=O)(=O)N1CCN(Cn2c(=S)oc3cc(Cl)ccc32)CC1. The van der Waals surface area contributed by atoms with Crippen LogP contribution in [0.2, 0.25) is 5.02 Å². The minimum atomic E-state index is -3.11. The van der Waals surface area contributed by atoms with Crippen LogP contribution in [-0.2, 0) is 16.7 Å². The van der Waals surface area contributed by atoms with Gasteiger partial charge in [-0.1, -0.05) is 11.6 Å². The Labute approximate surface area is 138 Å². The van der Waals surface area contributed by atoms with Crippen molar-refractivity contribution in [2.75, 3.05) is 32.4 Å². The van der Waals surface area contributed by atoms with E-state index in [0.717, 1.165) is 5.52 Å². The summed E-state index contributed by atoms with van der Waals surface area (Å²) in [5, 5.41) is 0.602. The molecule has 0 bridgehead atoms. The molecule has 120 valence electrons. The molecule has 0 N–H and O–H groups in total. The fourth-order valence-corrected chi connectivity index (χ4v) is 3.81. The molecule has 1 aliphatic heterocycles. The first-order valence-electron chi connectivity index (χ1n) is 6.81. The lowest BCUT2D eigenvalue weighted by molar-refractivity contribution is 0.152.